The fourth-order valence-corrected chi connectivity index (χ4v) is 3.51. The number of anilines is 1. The van der Waals surface area contributed by atoms with Crippen LogP contribution in [-0.2, 0) is 4.74 Å². The standard InChI is InChI=1S/C18H27N5O6/c1-2-3-4-5-6-7-11(25)23-16(28)12-15(21-18(23)19)22(9-20-12)17-14(27)13(26)10(8-24)29-17/h9-10,13-14,17,24,26-27H,2-8H2,1H3,(H2,19,21)/t10-,13-,14-,17-/m1/s1. The molecule has 0 aliphatic carbocycles. The normalized spacial score (nSPS) is 24.4. The van der Waals surface area contributed by atoms with E-state index in [9.17, 15) is 24.9 Å². The van der Waals surface area contributed by atoms with Crippen LogP contribution in [0, 0.1) is 0 Å². The SMILES string of the molecule is CCCCCCCC(=O)n1c(N)nc2c(ncn2[C@@H]2O[C@H](CO)[C@@H](O)[C@H]2O)c1=O. The lowest BCUT2D eigenvalue weighted by molar-refractivity contribution is -0.0511. The van der Waals surface area contributed by atoms with Crippen molar-refractivity contribution < 1.29 is 24.9 Å². The topological polar surface area (TPSA) is 166 Å². The van der Waals surface area contributed by atoms with Crippen LogP contribution in [0.5, 0.6) is 0 Å². The summed E-state index contributed by atoms with van der Waals surface area (Å²) in [5.41, 5.74) is 5.10. The Hall–Kier alpha value is -2.34. The van der Waals surface area contributed by atoms with Crippen LogP contribution >= 0.6 is 0 Å². The summed E-state index contributed by atoms with van der Waals surface area (Å²) in [4.78, 5) is 33.4. The Bertz CT molecular complexity index is 925. The number of nitrogens with zero attached hydrogens (tertiary/aromatic N) is 4. The highest BCUT2D eigenvalue weighted by molar-refractivity contribution is 5.84. The summed E-state index contributed by atoms with van der Waals surface area (Å²) in [7, 11) is 0. The van der Waals surface area contributed by atoms with Gasteiger partial charge < -0.3 is 25.8 Å². The molecule has 1 aliphatic heterocycles. The number of rotatable bonds is 8. The fraction of sp³-hybridized carbons (Fsp3) is 0.667. The number of nitrogen functional groups attached to an aromatic ring is 1. The van der Waals surface area contributed by atoms with E-state index in [4.69, 9.17) is 10.5 Å². The maximum atomic E-state index is 12.8. The monoisotopic (exact) mass is 409 g/mol. The molecule has 0 aromatic carbocycles. The van der Waals surface area contributed by atoms with E-state index in [1.165, 1.54) is 10.9 Å². The Morgan fingerprint density at radius 3 is 2.62 bits per heavy atom. The molecule has 1 fully saturated rings. The summed E-state index contributed by atoms with van der Waals surface area (Å²) in [5, 5.41) is 29.4. The molecule has 5 N–H and O–H groups in total. The minimum atomic E-state index is -1.36. The van der Waals surface area contributed by atoms with Crippen LogP contribution in [0.1, 0.15) is 56.5 Å². The van der Waals surface area contributed by atoms with Gasteiger partial charge in [-0.2, -0.15) is 4.98 Å². The third-order valence-electron chi connectivity index (χ3n) is 5.16. The van der Waals surface area contributed by atoms with Gasteiger partial charge in [-0.15, -0.1) is 0 Å². The average molecular weight is 409 g/mol. The molecule has 11 nitrogen and oxygen atoms in total. The van der Waals surface area contributed by atoms with Gasteiger partial charge in [0.2, 0.25) is 11.9 Å². The van der Waals surface area contributed by atoms with Crippen LogP contribution in [0.3, 0.4) is 0 Å². The summed E-state index contributed by atoms with van der Waals surface area (Å²) in [6.45, 7) is 1.61. The molecule has 0 amide bonds. The number of carbonyl (C=O) groups is 1. The molecule has 2 aromatic rings. The lowest BCUT2D eigenvalue weighted by Gasteiger charge is -2.16. The zero-order valence-electron chi connectivity index (χ0n) is 16.3. The first-order chi connectivity index (χ1) is 13.9. The number of fused-ring (bicyclic) bond motifs is 1. The van der Waals surface area contributed by atoms with Gasteiger partial charge in [-0.05, 0) is 6.42 Å². The molecule has 0 bridgehead atoms. The molecule has 4 atom stereocenters. The van der Waals surface area contributed by atoms with Gasteiger partial charge >= 0.3 is 0 Å². The summed E-state index contributed by atoms with van der Waals surface area (Å²) in [5.74, 6) is -0.726. The van der Waals surface area contributed by atoms with Crippen LogP contribution in [-0.4, -0.2) is 65.2 Å². The highest BCUT2D eigenvalue weighted by Crippen LogP contribution is 2.30. The molecule has 3 rings (SSSR count). The van der Waals surface area contributed by atoms with E-state index in [1.807, 2.05) is 0 Å². The summed E-state index contributed by atoms with van der Waals surface area (Å²) in [6.07, 6.45) is 1.40. The van der Waals surface area contributed by atoms with Crippen molar-refractivity contribution in [2.45, 2.75) is 70.0 Å². The minimum absolute atomic E-state index is 0.0225. The van der Waals surface area contributed by atoms with E-state index in [2.05, 4.69) is 16.9 Å². The Balaban J connectivity index is 1.86. The number of imidazole rings is 1. The van der Waals surface area contributed by atoms with Crippen LogP contribution in [0.2, 0.25) is 0 Å². The van der Waals surface area contributed by atoms with Crippen LogP contribution in [0.4, 0.5) is 5.95 Å². The average Bonchev–Trinajstić information content (AvgIpc) is 3.23. The molecular weight excluding hydrogens is 382 g/mol. The van der Waals surface area contributed by atoms with Crippen LogP contribution < -0.4 is 11.3 Å². The zero-order valence-corrected chi connectivity index (χ0v) is 16.3. The second-order valence-corrected chi connectivity index (χ2v) is 7.22. The fourth-order valence-electron chi connectivity index (χ4n) is 3.51. The second-order valence-electron chi connectivity index (χ2n) is 7.22. The Morgan fingerprint density at radius 1 is 1.24 bits per heavy atom. The molecular formula is C18H27N5O6. The van der Waals surface area contributed by atoms with Crippen molar-refractivity contribution in [2.75, 3.05) is 12.3 Å². The summed E-state index contributed by atoms with van der Waals surface area (Å²) >= 11 is 0. The zero-order chi connectivity index (χ0) is 21.1. The molecule has 11 heteroatoms. The first kappa shape index (κ1) is 21.4. The third kappa shape index (κ3) is 4.04. The number of hydrogen-bond donors (Lipinski definition) is 4. The Morgan fingerprint density at radius 2 is 1.97 bits per heavy atom. The number of nitrogens with two attached hydrogens (primary N) is 1. The Labute approximate surface area is 166 Å². The third-order valence-corrected chi connectivity index (χ3v) is 5.16. The smallest absolute Gasteiger partial charge is 0.289 e. The van der Waals surface area contributed by atoms with E-state index >= 15 is 0 Å². The van der Waals surface area contributed by atoms with Gasteiger partial charge in [0.15, 0.2) is 17.4 Å². The molecule has 160 valence electrons. The largest absolute Gasteiger partial charge is 0.394 e. The molecule has 0 radical (unpaired) electrons. The number of aromatic nitrogens is 4. The number of hydrogen-bond acceptors (Lipinski definition) is 9. The molecule has 1 aliphatic rings. The predicted molar refractivity (Wildman–Crippen MR) is 103 cm³/mol. The second kappa shape index (κ2) is 8.99. The molecule has 1 saturated heterocycles. The molecule has 0 unspecified atom stereocenters. The van der Waals surface area contributed by atoms with Gasteiger partial charge in [0.25, 0.3) is 5.56 Å². The van der Waals surface area contributed by atoms with E-state index in [1.54, 1.807) is 0 Å². The lowest BCUT2D eigenvalue weighted by atomic mass is 10.1. The molecule has 29 heavy (non-hydrogen) atoms. The maximum absolute atomic E-state index is 12.8. The maximum Gasteiger partial charge on any atom is 0.289 e. The highest BCUT2D eigenvalue weighted by atomic mass is 16.6. The van der Waals surface area contributed by atoms with E-state index < -0.39 is 42.6 Å². The molecule has 0 spiro atoms. The molecule has 0 saturated carbocycles. The number of ether oxygens (including phenoxy) is 1. The first-order valence-corrected chi connectivity index (χ1v) is 9.81. The highest BCUT2D eigenvalue weighted by Gasteiger charge is 2.44. The van der Waals surface area contributed by atoms with E-state index in [0.29, 0.717) is 6.42 Å². The Kier molecular flexibility index (Phi) is 6.63. The summed E-state index contributed by atoms with van der Waals surface area (Å²) in [6, 6.07) is 0. The van der Waals surface area contributed by atoms with Crippen LogP contribution in [0.25, 0.3) is 11.2 Å². The number of carbonyl (C=O) groups excluding carboxylic acids is 1. The van der Waals surface area contributed by atoms with Crippen molar-refractivity contribution in [1.29, 1.82) is 0 Å². The molecule has 3 heterocycles. The van der Waals surface area contributed by atoms with E-state index in [-0.39, 0.29) is 23.5 Å². The van der Waals surface area contributed by atoms with Gasteiger partial charge in [0.05, 0.1) is 12.9 Å². The lowest BCUT2D eigenvalue weighted by Crippen LogP contribution is -2.33. The predicted octanol–water partition coefficient (Wildman–Crippen LogP) is -0.213. The van der Waals surface area contributed by atoms with Crippen molar-refractivity contribution >= 4 is 23.0 Å². The van der Waals surface area contributed by atoms with Crippen molar-refractivity contribution in [2.24, 2.45) is 0 Å². The number of aliphatic hydroxyl groups is 3. The van der Waals surface area contributed by atoms with Gasteiger partial charge in [0, 0.05) is 6.42 Å². The van der Waals surface area contributed by atoms with Gasteiger partial charge in [-0.1, -0.05) is 32.6 Å². The van der Waals surface area contributed by atoms with Crippen molar-refractivity contribution in [3.8, 4) is 0 Å². The van der Waals surface area contributed by atoms with Crippen LogP contribution in [0.15, 0.2) is 11.1 Å². The van der Waals surface area contributed by atoms with Crippen molar-refractivity contribution in [3.05, 3.63) is 16.7 Å². The quantitative estimate of drug-likeness (QED) is 0.431. The van der Waals surface area contributed by atoms with Gasteiger partial charge in [-0.3, -0.25) is 14.2 Å². The first-order valence-electron chi connectivity index (χ1n) is 9.81. The van der Waals surface area contributed by atoms with Gasteiger partial charge in [-0.25, -0.2) is 9.55 Å². The molecule has 2 aromatic heterocycles. The number of aliphatic hydroxyl groups excluding tert-OH is 3. The van der Waals surface area contributed by atoms with Crippen molar-refractivity contribution in [3.63, 3.8) is 0 Å². The van der Waals surface area contributed by atoms with Crippen molar-refractivity contribution in [1.82, 2.24) is 19.1 Å². The summed E-state index contributed by atoms with van der Waals surface area (Å²) < 4.78 is 7.52. The van der Waals surface area contributed by atoms with E-state index in [0.717, 1.165) is 30.3 Å². The minimum Gasteiger partial charge on any atom is -0.394 e. The number of unbranched alkanes of at least 4 members (excludes halogenated alkanes) is 4. The van der Waals surface area contributed by atoms with Gasteiger partial charge in [0.1, 0.15) is 18.3 Å².